The Bertz CT molecular complexity index is 1990. The average Bonchev–Trinajstić information content (AvgIpc) is 3.39. The molecule has 0 bridgehead atoms. The van der Waals surface area contributed by atoms with Crippen LogP contribution >= 0.6 is 11.3 Å². The molecule has 0 saturated carbocycles. The first kappa shape index (κ1) is 19.2. The predicted octanol–water partition coefficient (Wildman–Crippen LogP) is 7.80. The Kier molecular flexibility index (Phi) is 3.96. The number of rotatable bonds is 1. The summed E-state index contributed by atoms with van der Waals surface area (Å²) in [4.78, 5) is 0. The van der Waals surface area contributed by atoms with E-state index in [0.29, 0.717) is 0 Å². The SMILES string of the molecule is C1=Cc2cc3c(cc2Nc2ccc(C4=c5oc6ccccc6c5=CCC4)cc21)sc1ccccc13. The first-order valence-corrected chi connectivity index (χ1v) is 12.9. The number of furan rings is 1. The number of benzene rings is 4. The number of para-hydroxylation sites is 1. The third-order valence-electron chi connectivity index (χ3n) is 7.31. The lowest BCUT2D eigenvalue weighted by molar-refractivity contribution is 0.568. The molecule has 1 N–H and O–H groups in total. The fourth-order valence-corrected chi connectivity index (χ4v) is 6.73. The van der Waals surface area contributed by atoms with Crippen LogP contribution in [0.15, 0.2) is 83.3 Å². The lowest BCUT2D eigenvalue weighted by Crippen LogP contribution is -2.26. The van der Waals surface area contributed by atoms with E-state index in [1.54, 1.807) is 0 Å². The monoisotopic (exact) mass is 467 g/mol. The lowest BCUT2D eigenvalue weighted by atomic mass is 9.94. The normalized spacial score (nSPS) is 14.3. The van der Waals surface area contributed by atoms with Gasteiger partial charge in [0, 0.05) is 47.7 Å². The molecule has 35 heavy (non-hydrogen) atoms. The molecule has 3 heteroatoms. The van der Waals surface area contributed by atoms with Crippen LogP contribution in [0.5, 0.6) is 0 Å². The number of hydrogen-bond acceptors (Lipinski definition) is 3. The number of hydrogen-bond donors (Lipinski definition) is 1. The van der Waals surface area contributed by atoms with E-state index >= 15 is 0 Å². The van der Waals surface area contributed by atoms with E-state index in [1.165, 1.54) is 53.0 Å². The van der Waals surface area contributed by atoms with Crippen LogP contribution in [0.4, 0.5) is 11.4 Å². The summed E-state index contributed by atoms with van der Waals surface area (Å²) in [5.74, 6) is 0. The van der Waals surface area contributed by atoms with Crippen molar-refractivity contribution < 1.29 is 4.42 Å². The summed E-state index contributed by atoms with van der Waals surface area (Å²) in [5.41, 5.74) is 9.24. The van der Waals surface area contributed by atoms with Crippen LogP contribution in [0.1, 0.15) is 29.5 Å². The third kappa shape index (κ3) is 2.88. The molecule has 4 aromatic carbocycles. The fraction of sp³-hybridized carbons (Fsp3) is 0.0625. The summed E-state index contributed by atoms with van der Waals surface area (Å²) >= 11 is 1.86. The molecule has 8 rings (SSSR count). The van der Waals surface area contributed by atoms with Crippen molar-refractivity contribution in [2.75, 3.05) is 5.32 Å². The number of nitrogens with one attached hydrogen (secondary N) is 1. The minimum absolute atomic E-state index is 0.965. The van der Waals surface area contributed by atoms with Crippen LogP contribution in [-0.2, 0) is 0 Å². The van der Waals surface area contributed by atoms with Gasteiger partial charge in [-0.25, -0.2) is 0 Å². The summed E-state index contributed by atoms with van der Waals surface area (Å²) in [6.07, 6.45) is 8.84. The van der Waals surface area contributed by atoms with Crippen LogP contribution in [-0.4, -0.2) is 0 Å². The maximum absolute atomic E-state index is 6.35. The van der Waals surface area contributed by atoms with Gasteiger partial charge in [-0.05, 0) is 65.9 Å². The molecule has 0 atom stereocenters. The van der Waals surface area contributed by atoms with Crippen molar-refractivity contribution in [3.63, 3.8) is 0 Å². The van der Waals surface area contributed by atoms with Crippen molar-refractivity contribution in [2.45, 2.75) is 12.8 Å². The van der Waals surface area contributed by atoms with Gasteiger partial charge in [0.05, 0.1) is 0 Å². The van der Waals surface area contributed by atoms with Gasteiger partial charge in [-0.15, -0.1) is 11.3 Å². The largest absolute Gasteiger partial charge is 0.456 e. The van der Waals surface area contributed by atoms with Crippen molar-refractivity contribution in [1.82, 2.24) is 0 Å². The van der Waals surface area contributed by atoms with Gasteiger partial charge in [-0.1, -0.05) is 60.7 Å². The summed E-state index contributed by atoms with van der Waals surface area (Å²) in [5, 5.41) is 8.82. The van der Waals surface area contributed by atoms with Crippen LogP contribution in [0, 0.1) is 0 Å². The second kappa shape index (κ2) is 7.21. The van der Waals surface area contributed by atoms with E-state index in [-0.39, 0.29) is 0 Å². The predicted molar refractivity (Wildman–Crippen MR) is 150 cm³/mol. The van der Waals surface area contributed by atoms with Crippen molar-refractivity contribution in [2.24, 2.45) is 0 Å². The Morgan fingerprint density at radius 3 is 2.49 bits per heavy atom. The van der Waals surface area contributed by atoms with Crippen LogP contribution in [0.25, 0.3) is 54.9 Å². The second-order valence-corrected chi connectivity index (χ2v) is 10.4. The molecule has 0 fully saturated rings. The summed E-state index contributed by atoms with van der Waals surface area (Å²) in [6.45, 7) is 0. The summed E-state index contributed by atoms with van der Waals surface area (Å²) in [7, 11) is 0. The number of thiophene rings is 1. The van der Waals surface area contributed by atoms with Gasteiger partial charge in [-0.3, -0.25) is 0 Å². The first-order valence-electron chi connectivity index (χ1n) is 12.1. The van der Waals surface area contributed by atoms with Gasteiger partial charge in [-0.2, -0.15) is 0 Å². The second-order valence-electron chi connectivity index (χ2n) is 9.36. The molecule has 2 aromatic heterocycles. The molecule has 1 aliphatic heterocycles. The number of anilines is 2. The Morgan fingerprint density at radius 1 is 0.714 bits per heavy atom. The van der Waals surface area contributed by atoms with Gasteiger partial charge in [0.15, 0.2) is 0 Å². The van der Waals surface area contributed by atoms with Gasteiger partial charge >= 0.3 is 0 Å². The zero-order valence-electron chi connectivity index (χ0n) is 19.0. The Hall–Kier alpha value is -4.08. The standard InChI is InChI=1S/C32H21NOS/c1-3-10-29-23(6-1)25-9-5-8-22(32(25)34-29)19-14-15-27-20(16-19)12-13-21-17-26-24-7-2-4-11-30(24)35-31(26)18-28(21)33-27/h1-4,6-7,9-18,33H,5,8H2. The quantitative estimate of drug-likeness (QED) is 0.266. The topological polar surface area (TPSA) is 25.2 Å². The van der Waals surface area contributed by atoms with Crippen molar-refractivity contribution in [1.29, 1.82) is 0 Å². The first-order chi connectivity index (χ1) is 17.3. The molecule has 2 aliphatic rings. The van der Waals surface area contributed by atoms with E-state index in [0.717, 1.165) is 35.2 Å². The molecule has 2 nitrogen and oxygen atoms in total. The third-order valence-corrected chi connectivity index (χ3v) is 8.45. The molecule has 0 spiro atoms. The van der Waals surface area contributed by atoms with Crippen molar-refractivity contribution in [3.05, 3.63) is 106 Å². The van der Waals surface area contributed by atoms with Crippen molar-refractivity contribution in [3.8, 4) is 0 Å². The molecular weight excluding hydrogens is 446 g/mol. The summed E-state index contributed by atoms with van der Waals surface area (Å²) in [6, 6.07) is 28.4. The van der Waals surface area contributed by atoms with Gasteiger partial charge in [0.1, 0.15) is 11.0 Å². The van der Waals surface area contributed by atoms with Gasteiger partial charge in [0.2, 0.25) is 0 Å². The lowest BCUT2D eigenvalue weighted by Gasteiger charge is -2.13. The molecule has 0 saturated heterocycles. The Morgan fingerprint density at radius 2 is 1.54 bits per heavy atom. The minimum atomic E-state index is 0.965. The van der Waals surface area contributed by atoms with Crippen molar-refractivity contribution >= 4 is 77.7 Å². The van der Waals surface area contributed by atoms with Gasteiger partial charge < -0.3 is 9.73 Å². The highest BCUT2D eigenvalue weighted by Gasteiger charge is 2.17. The van der Waals surface area contributed by atoms with E-state index < -0.39 is 0 Å². The zero-order chi connectivity index (χ0) is 22.9. The van der Waals surface area contributed by atoms with Crippen LogP contribution < -0.4 is 16.0 Å². The van der Waals surface area contributed by atoms with E-state index in [2.05, 4.69) is 96.3 Å². The fourth-order valence-electron chi connectivity index (χ4n) is 5.60. The molecule has 6 aromatic rings. The Labute approximate surface area is 206 Å². The van der Waals surface area contributed by atoms with E-state index in [9.17, 15) is 0 Å². The summed E-state index contributed by atoms with van der Waals surface area (Å²) < 4.78 is 9.00. The number of fused-ring (bicyclic) bond motifs is 8. The van der Waals surface area contributed by atoms with E-state index in [1.807, 2.05) is 17.4 Å². The van der Waals surface area contributed by atoms with Crippen LogP contribution in [0.2, 0.25) is 0 Å². The maximum atomic E-state index is 6.35. The van der Waals surface area contributed by atoms with Gasteiger partial charge in [0.25, 0.3) is 0 Å². The molecule has 1 aliphatic carbocycles. The van der Waals surface area contributed by atoms with Crippen LogP contribution in [0.3, 0.4) is 0 Å². The molecule has 0 amide bonds. The van der Waals surface area contributed by atoms with E-state index in [4.69, 9.17) is 4.42 Å². The highest BCUT2D eigenvalue weighted by Crippen LogP contribution is 2.40. The molecule has 0 radical (unpaired) electrons. The maximum Gasteiger partial charge on any atom is 0.138 e. The highest BCUT2D eigenvalue weighted by molar-refractivity contribution is 7.25. The zero-order valence-corrected chi connectivity index (χ0v) is 19.8. The molecule has 3 heterocycles. The molecule has 166 valence electrons. The minimum Gasteiger partial charge on any atom is -0.456 e. The highest BCUT2D eigenvalue weighted by atomic mass is 32.1. The Balaban J connectivity index is 1.28. The molecular formula is C32H21NOS. The average molecular weight is 468 g/mol. The smallest absolute Gasteiger partial charge is 0.138 e. The molecule has 0 unspecified atom stereocenters.